The van der Waals surface area contributed by atoms with Gasteiger partial charge in [-0.3, -0.25) is 4.90 Å². The zero-order valence-corrected chi connectivity index (χ0v) is 9.98. The summed E-state index contributed by atoms with van der Waals surface area (Å²) in [5.41, 5.74) is 1.84. The van der Waals surface area contributed by atoms with E-state index >= 15 is 0 Å². The monoisotopic (exact) mass is 250 g/mol. The number of fused-ring (bicyclic) bond motifs is 2. The molecule has 92 valence electrons. The van der Waals surface area contributed by atoms with E-state index in [1.807, 2.05) is 53.4 Å². The quantitative estimate of drug-likeness (QED) is 0.506. The van der Waals surface area contributed by atoms with Crippen molar-refractivity contribution in [2.75, 3.05) is 4.90 Å². The highest BCUT2D eigenvalue weighted by molar-refractivity contribution is 5.83. The van der Waals surface area contributed by atoms with E-state index in [1.54, 1.807) is 12.5 Å². The van der Waals surface area contributed by atoms with E-state index in [2.05, 4.69) is 4.98 Å². The Morgan fingerprint density at radius 3 is 2.05 bits per heavy atom. The summed E-state index contributed by atoms with van der Waals surface area (Å²) in [4.78, 5) is 6.19. The molecule has 0 bridgehead atoms. The first-order chi connectivity index (χ1) is 9.43. The highest BCUT2D eigenvalue weighted by Gasteiger charge is 2.27. The fourth-order valence-corrected chi connectivity index (χ4v) is 2.24. The van der Waals surface area contributed by atoms with Crippen molar-refractivity contribution >= 4 is 17.4 Å². The predicted octanol–water partition coefficient (Wildman–Crippen LogP) is 4.25. The molecule has 0 radical (unpaired) electrons. The van der Waals surface area contributed by atoms with E-state index in [4.69, 9.17) is 9.15 Å². The summed E-state index contributed by atoms with van der Waals surface area (Å²) < 4.78 is 11.3. The van der Waals surface area contributed by atoms with Crippen LogP contribution in [-0.4, -0.2) is 4.98 Å². The van der Waals surface area contributed by atoms with Crippen LogP contribution in [0.3, 0.4) is 0 Å². The maximum atomic E-state index is 5.89. The minimum Gasteiger partial charge on any atom is -0.453 e. The first-order valence-electron chi connectivity index (χ1n) is 5.99. The van der Waals surface area contributed by atoms with Gasteiger partial charge in [0.05, 0.1) is 17.6 Å². The number of nitrogens with zero attached hydrogens (tertiary/aromatic N) is 2. The summed E-state index contributed by atoms with van der Waals surface area (Å²) >= 11 is 0. The summed E-state index contributed by atoms with van der Waals surface area (Å²) in [7, 11) is 0. The third kappa shape index (κ3) is 1.50. The average Bonchev–Trinajstić information content (AvgIpc) is 2.98. The second-order valence-electron chi connectivity index (χ2n) is 4.19. The van der Waals surface area contributed by atoms with Gasteiger partial charge in [-0.15, -0.1) is 0 Å². The number of benzene rings is 2. The molecule has 0 fully saturated rings. The summed E-state index contributed by atoms with van der Waals surface area (Å²) in [6, 6.07) is 16.2. The highest BCUT2D eigenvalue weighted by atomic mass is 16.5. The van der Waals surface area contributed by atoms with Crippen molar-refractivity contribution in [2.24, 2.45) is 0 Å². The Bertz CT molecular complexity index is 677. The molecule has 2 heterocycles. The fraction of sp³-hybridized carbons (Fsp3) is 0. The van der Waals surface area contributed by atoms with Crippen LogP contribution >= 0.6 is 0 Å². The minimum atomic E-state index is 0.531. The van der Waals surface area contributed by atoms with Gasteiger partial charge in [0.25, 0.3) is 0 Å². The molecule has 0 amide bonds. The molecule has 0 atom stereocenters. The van der Waals surface area contributed by atoms with E-state index in [9.17, 15) is 0 Å². The van der Waals surface area contributed by atoms with Crippen molar-refractivity contribution in [1.82, 2.24) is 4.98 Å². The number of rotatable bonds is 1. The van der Waals surface area contributed by atoms with Crippen LogP contribution in [0.15, 0.2) is 65.4 Å². The van der Waals surface area contributed by atoms with Gasteiger partial charge in [0.15, 0.2) is 11.5 Å². The number of aromatic nitrogens is 1. The van der Waals surface area contributed by atoms with Gasteiger partial charge in [0.1, 0.15) is 6.26 Å². The second-order valence-corrected chi connectivity index (χ2v) is 4.19. The minimum absolute atomic E-state index is 0.531. The lowest BCUT2D eigenvalue weighted by Gasteiger charge is -2.29. The molecule has 0 spiro atoms. The third-order valence-corrected chi connectivity index (χ3v) is 3.04. The molecule has 3 aromatic rings. The summed E-state index contributed by atoms with van der Waals surface area (Å²) in [6.45, 7) is 0. The molecule has 1 aromatic heterocycles. The number of anilines is 3. The van der Waals surface area contributed by atoms with Crippen LogP contribution in [0.5, 0.6) is 11.5 Å². The van der Waals surface area contributed by atoms with Crippen molar-refractivity contribution in [3.63, 3.8) is 0 Å². The van der Waals surface area contributed by atoms with Crippen LogP contribution in [0.4, 0.5) is 17.4 Å². The van der Waals surface area contributed by atoms with E-state index in [-0.39, 0.29) is 0 Å². The molecule has 1 aliphatic rings. The Labute approximate surface area is 109 Å². The van der Waals surface area contributed by atoms with Crippen LogP contribution in [0.1, 0.15) is 0 Å². The molecule has 0 saturated heterocycles. The summed E-state index contributed by atoms with van der Waals surface area (Å²) in [5, 5.41) is 0. The van der Waals surface area contributed by atoms with Crippen LogP contribution in [0, 0.1) is 0 Å². The number of oxazole rings is 1. The second kappa shape index (κ2) is 3.88. The highest BCUT2D eigenvalue weighted by Crippen LogP contribution is 2.49. The van der Waals surface area contributed by atoms with E-state index in [1.165, 1.54) is 0 Å². The molecule has 2 aromatic carbocycles. The first kappa shape index (κ1) is 10.2. The van der Waals surface area contributed by atoms with Gasteiger partial charge in [-0.2, -0.15) is 0 Å². The molecule has 0 unspecified atom stereocenters. The standard InChI is InChI=1S/C15H10N2O2/c1-3-7-13-11(5-1)17(15-16-9-10-18-15)12-6-2-4-8-14(12)19-13/h1-10H. The van der Waals surface area contributed by atoms with Gasteiger partial charge in [0.2, 0.25) is 0 Å². The van der Waals surface area contributed by atoms with Gasteiger partial charge in [-0.05, 0) is 24.3 Å². The molecular weight excluding hydrogens is 240 g/mol. The molecule has 4 heteroatoms. The Morgan fingerprint density at radius 2 is 1.47 bits per heavy atom. The number of para-hydroxylation sites is 4. The molecule has 0 aliphatic carbocycles. The Balaban J connectivity index is 1.98. The van der Waals surface area contributed by atoms with Gasteiger partial charge >= 0.3 is 6.01 Å². The lowest BCUT2D eigenvalue weighted by Crippen LogP contribution is -2.15. The smallest absolute Gasteiger partial charge is 0.306 e. The zero-order chi connectivity index (χ0) is 12.7. The third-order valence-electron chi connectivity index (χ3n) is 3.04. The molecule has 1 aliphatic heterocycles. The van der Waals surface area contributed by atoms with Crippen molar-refractivity contribution in [3.05, 3.63) is 61.0 Å². The lowest BCUT2D eigenvalue weighted by atomic mass is 10.2. The van der Waals surface area contributed by atoms with Crippen molar-refractivity contribution in [1.29, 1.82) is 0 Å². The Kier molecular flexibility index (Phi) is 2.08. The number of ether oxygens (including phenoxy) is 1. The largest absolute Gasteiger partial charge is 0.453 e. The zero-order valence-electron chi connectivity index (χ0n) is 9.98. The van der Waals surface area contributed by atoms with Gasteiger partial charge < -0.3 is 9.15 Å². The Hall–Kier alpha value is -2.75. The van der Waals surface area contributed by atoms with Crippen LogP contribution in [0.25, 0.3) is 0 Å². The maximum Gasteiger partial charge on any atom is 0.306 e. The van der Waals surface area contributed by atoms with Gasteiger partial charge in [0, 0.05) is 0 Å². The van der Waals surface area contributed by atoms with Crippen molar-refractivity contribution in [2.45, 2.75) is 0 Å². The van der Waals surface area contributed by atoms with Crippen LogP contribution in [0.2, 0.25) is 0 Å². The van der Waals surface area contributed by atoms with Gasteiger partial charge in [-0.25, -0.2) is 4.98 Å². The van der Waals surface area contributed by atoms with E-state index < -0.39 is 0 Å². The van der Waals surface area contributed by atoms with Crippen LogP contribution in [-0.2, 0) is 0 Å². The maximum absolute atomic E-state index is 5.89. The Morgan fingerprint density at radius 1 is 0.842 bits per heavy atom. The average molecular weight is 250 g/mol. The molecular formula is C15H10N2O2. The van der Waals surface area contributed by atoms with E-state index in [0.29, 0.717) is 6.01 Å². The number of hydrogen-bond donors (Lipinski definition) is 0. The first-order valence-corrected chi connectivity index (χ1v) is 5.99. The van der Waals surface area contributed by atoms with Crippen LogP contribution < -0.4 is 9.64 Å². The number of hydrogen-bond acceptors (Lipinski definition) is 4. The normalized spacial score (nSPS) is 12.5. The molecule has 4 nitrogen and oxygen atoms in total. The van der Waals surface area contributed by atoms with Crippen molar-refractivity contribution < 1.29 is 9.15 Å². The molecule has 19 heavy (non-hydrogen) atoms. The van der Waals surface area contributed by atoms with Gasteiger partial charge in [-0.1, -0.05) is 24.3 Å². The molecule has 4 rings (SSSR count). The van der Waals surface area contributed by atoms with Crippen molar-refractivity contribution in [3.8, 4) is 11.5 Å². The van der Waals surface area contributed by atoms with E-state index in [0.717, 1.165) is 22.9 Å². The summed E-state index contributed by atoms with van der Waals surface area (Å²) in [6.07, 6.45) is 3.20. The SMILES string of the molecule is c1ccc2c(c1)Oc1ccccc1N2c1ncco1. The fourth-order valence-electron chi connectivity index (χ4n) is 2.24. The summed E-state index contributed by atoms with van der Waals surface area (Å²) in [5.74, 6) is 1.58. The topological polar surface area (TPSA) is 38.5 Å². The lowest BCUT2D eigenvalue weighted by molar-refractivity contribution is 0.471. The molecule has 0 saturated carbocycles. The molecule has 0 N–H and O–H groups in total. The predicted molar refractivity (Wildman–Crippen MR) is 71.3 cm³/mol.